The van der Waals surface area contributed by atoms with Crippen LogP contribution in [0, 0.1) is 0 Å². The lowest BCUT2D eigenvalue weighted by atomic mass is 9.88. The molecule has 2 atom stereocenters. The first-order valence-corrected chi connectivity index (χ1v) is 10.9. The zero-order valence-corrected chi connectivity index (χ0v) is 16.2. The van der Waals surface area contributed by atoms with Crippen molar-refractivity contribution in [1.29, 1.82) is 0 Å². The maximum atomic E-state index is 13.2. The molecule has 0 bridgehead atoms. The van der Waals surface area contributed by atoms with Gasteiger partial charge < -0.3 is 5.11 Å². The molecule has 2 N–H and O–H groups in total. The van der Waals surface area contributed by atoms with E-state index < -0.39 is 15.4 Å². The summed E-state index contributed by atoms with van der Waals surface area (Å²) in [6, 6.07) is 14.2. The summed E-state index contributed by atoms with van der Waals surface area (Å²) >= 11 is 0. The molecule has 0 aliphatic carbocycles. The van der Waals surface area contributed by atoms with Crippen LogP contribution in [-0.2, 0) is 9.84 Å². The van der Waals surface area contributed by atoms with Crippen molar-refractivity contribution in [2.75, 3.05) is 5.75 Å². The molecule has 5 heteroatoms. The molecular weight excluding hydrogens is 346 g/mol. The number of rotatable bonds is 5. The molecule has 0 radical (unpaired) electrons. The highest BCUT2D eigenvalue weighted by Gasteiger charge is 2.41. The third kappa shape index (κ3) is 3.64. The highest BCUT2D eigenvalue weighted by molar-refractivity contribution is 7.91. The summed E-state index contributed by atoms with van der Waals surface area (Å²) < 4.78 is 26.4. The highest BCUT2D eigenvalue weighted by atomic mass is 32.2. The Morgan fingerprint density at radius 2 is 1.88 bits per heavy atom. The van der Waals surface area contributed by atoms with E-state index in [1.807, 2.05) is 37.3 Å². The van der Waals surface area contributed by atoms with Crippen molar-refractivity contribution in [2.24, 2.45) is 0 Å². The Morgan fingerprint density at radius 1 is 1.15 bits per heavy atom. The summed E-state index contributed by atoms with van der Waals surface area (Å²) in [5, 5.41) is 13.7. The van der Waals surface area contributed by atoms with Crippen molar-refractivity contribution in [1.82, 2.24) is 5.32 Å². The normalized spacial score (nSPS) is 24.6. The van der Waals surface area contributed by atoms with Gasteiger partial charge in [0.05, 0.1) is 16.7 Å². The predicted octanol–water partition coefficient (Wildman–Crippen LogP) is 4.20. The lowest BCUT2D eigenvalue weighted by Crippen LogP contribution is -2.50. The molecule has 0 fully saturated rings. The van der Waals surface area contributed by atoms with E-state index in [1.165, 1.54) is 6.07 Å². The second-order valence-electron chi connectivity index (χ2n) is 7.21. The van der Waals surface area contributed by atoms with E-state index in [4.69, 9.17) is 0 Å². The lowest BCUT2D eigenvalue weighted by molar-refractivity contribution is 0.294. The molecule has 2 aromatic rings. The maximum absolute atomic E-state index is 13.2. The van der Waals surface area contributed by atoms with Gasteiger partial charge in [-0.25, -0.2) is 8.42 Å². The summed E-state index contributed by atoms with van der Waals surface area (Å²) in [5.41, 5.74) is 1.15. The fourth-order valence-electron chi connectivity index (χ4n) is 3.86. The fourth-order valence-corrected chi connectivity index (χ4v) is 5.99. The molecule has 0 unspecified atom stereocenters. The molecule has 0 spiro atoms. The van der Waals surface area contributed by atoms with Crippen LogP contribution in [0.4, 0.5) is 0 Å². The number of sulfone groups is 1. The van der Waals surface area contributed by atoms with Gasteiger partial charge in [0.2, 0.25) is 0 Å². The van der Waals surface area contributed by atoms with Crippen LogP contribution in [0.25, 0.3) is 0 Å². The first-order chi connectivity index (χ1) is 12.4. The van der Waals surface area contributed by atoms with E-state index in [0.29, 0.717) is 10.5 Å². The summed E-state index contributed by atoms with van der Waals surface area (Å²) in [6.07, 6.45) is 3.53. The molecule has 1 heterocycles. The van der Waals surface area contributed by atoms with E-state index in [0.717, 1.165) is 31.2 Å². The van der Waals surface area contributed by atoms with E-state index in [2.05, 4.69) is 12.2 Å². The molecule has 3 rings (SSSR count). The molecule has 1 aliphatic rings. The van der Waals surface area contributed by atoms with Crippen LogP contribution in [0.5, 0.6) is 5.75 Å². The van der Waals surface area contributed by atoms with Gasteiger partial charge >= 0.3 is 0 Å². The number of hydrogen-bond acceptors (Lipinski definition) is 4. The highest BCUT2D eigenvalue weighted by Crippen LogP contribution is 2.39. The van der Waals surface area contributed by atoms with Crippen molar-refractivity contribution >= 4 is 9.84 Å². The Morgan fingerprint density at radius 3 is 2.54 bits per heavy atom. The molecule has 26 heavy (non-hydrogen) atoms. The zero-order chi connectivity index (χ0) is 18.8. The number of unbranched alkanes of at least 4 members (excludes halogenated alkanes) is 1. The van der Waals surface area contributed by atoms with E-state index >= 15 is 0 Å². The summed E-state index contributed by atoms with van der Waals surface area (Å²) in [5.74, 6) is 0.164. The molecule has 140 valence electrons. The summed E-state index contributed by atoms with van der Waals surface area (Å²) in [4.78, 5) is 0.323. The minimum Gasteiger partial charge on any atom is -0.508 e. The average molecular weight is 374 g/mol. The van der Waals surface area contributed by atoms with Crippen LogP contribution in [0.1, 0.15) is 56.7 Å². The number of fused-ring (bicyclic) bond motifs is 1. The van der Waals surface area contributed by atoms with Gasteiger partial charge in [-0.15, -0.1) is 0 Å². The Labute approximate surface area is 156 Å². The van der Waals surface area contributed by atoms with Crippen LogP contribution in [-0.4, -0.2) is 24.8 Å². The lowest BCUT2D eigenvalue weighted by Gasteiger charge is -2.35. The first kappa shape index (κ1) is 18.9. The van der Waals surface area contributed by atoms with Crippen molar-refractivity contribution < 1.29 is 13.5 Å². The first-order valence-electron chi connectivity index (χ1n) is 9.29. The maximum Gasteiger partial charge on any atom is 0.180 e. The number of hydrogen-bond donors (Lipinski definition) is 2. The molecule has 4 nitrogen and oxygen atoms in total. The van der Waals surface area contributed by atoms with Crippen LogP contribution in [0.2, 0.25) is 0 Å². The quantitative estimate of drug-likeness (QED) is 0.824. The van der Waals surface area contributed by atoms with Crippen LogP contribution >= 0.6 is 0 Å². The molecular formula is C21H27NO3S. The van der Waals surface area contributed by atoms with E-state index in [1.54, 1.807) is 12.1 Å². The Kier molecular flexibility index (Phi) is 5.39. The van der Waals surface area contributed by atoms with Gasteiger partial charge in [0.25, 0.3) is 0 Å². The third-order valence-electron chi connectivity index (χ3n) is 5.37. The van der Waals surface area contributed by atoms with Crippen molar-refractivity contribution in [3.05, 3.63) is 59.7 Å². The Bertz CT molecular complexity index is 864. The van der Waals surface area contributed by atoms with Gasteiger partial charge in [0.1, 0.15) is 5.75 Å². The van der Waals surface area contributed by atoms with Gasteiger partial charge in [-0.2, -0.15) is 0 Å². The third-order valence-corrected chi connectivity index (χ3v) is 7.35. The largest absolute Gasteiger partial charge is 0.508 e. The number of phenols is 1. The number of aromatic hydroxyl groups is 1. The van der Waals surface area contributed by atoms with Gasteiger partial charge in [-0.1, -0.05) is 57.0 Å². The molecule has 2 aromatic carbocycles. The van der Waals surface area contributed by atoms with E-state index in [-0.39, 0.29) is 17.5 Å². The molecule has 0 saturated carbocycles. The van der Waals surface area contributed by atoms with E-state index in [9.17, 15) is 13.5 Å². The Balaban J connectivity index is 2.21. The monoisotopic (exact) mass is 373 g/mol. The number of phenolic OH excluding ortho intramolecular Hbond substituents is 1. The average Bonchev–Trinajstić information content (AvgIpc) is 2.73. The van der Waals surface area contributed by atoms with Gasteiger partial charge in [-0.05, 0) is 42.2 Å². The summed E-state index contributed by atoms with van der Waals surface area (Å²) in [7, 11) is -3.46. The van der Waals surface area contributed by atoms with Crippen LogP contribution < -0.4 is 5.32 Å². The van der Waals surface area contributed by atoms with Crippen molar-refractivity contribution in [3.8, 4) is 5.75 Å². The zero-order valence-electron chi connectivity index (χ0n) is 15.4. The minimum absolute atomic E-state index is 0.0810. The molecule has 0 amide bonds. The van der Waals surface area contributed by atoms with Crippen LogP contribution in [0.3, 0.4) is 0 Å². The topological polar surface area (TPSA) is 66.4 Å². The predicted molar refractivity (Wildman–Crippen MR) is 104 cm³/mol. The molecule has 1 aliphatic heterocycles. The second kappa shape index (κ2) is 7.41. The fraction of sp³-hybridized carbons (Fsp3) is 0.429. The second-order valence-corrected chi connectivity index (χ2v) is 9.16. The van der Waals surface area contributed by atoms with Gasteiger partial charge in [0.15, 0.2) is 9.84 Å². The van der Waals surface area contributed by atoms with Crippen molar-refractivity contribution in [2.45, 2.75) is 56.0 Å². The Hall–Kier alpha value is -1.85. The smallest absolute Gasteiger partial charge is 0.180 e. The summed E-state index contributed by atoms with van der Waals surface area (Å²) in [6.45, 7) is 4.17. The standard InChI is InChI=1S/C21H27NO3S/c1-3-5-13-21(4-2)15-26(24,25)19-12-11-17(23)14-18(19)20(22-21)16-9-7-6-8-10-16/h6-12,14,20,22-23H,3-5,13,15H2,1-2H3/t20-,21-/m0/s1. The van der Waals surface area contributed by atoms with Crippen molar-refractivity contribution in [3.63, 3.8) is 0 Å². The SMILES string of the molecule is CCCC[C@@]1(CC)CS(=O)(=O)c2ccc(O)cc2[C@H](c2ccccc2)N1. The molecule has 0 aromatic heterocycles. The number of nitrogens with one attached hydrogen (secondary N) is 1. The van der Waals surface area contributed by atoms with Crippen LogP contribution in [0.15, 0.2) is 53.4 Å². The molecule has 0 saturated heterocycles. The minimum atomic E-state index is -3.46. The number of benzene rings is 2. The van der Waals surface area contributed by atoms with Gasteiger partial charge in [0, 0.05) is 5.54 Å². The van der Waals surface area contributed by atoms with Gasteiger partial charge in [-0.3, -0.25) is 5.32 Å².